The molecule has 10 heteroatoms. The van der Waals surface area contributed by atoms with Gasteiger partial charge in [-0.2, -0.15) is 9.78 Å². The molecule has 0 bridgehead atoms. The Morgan fingerprint density at radius 2 is 1.76 bits per heavy atom. The van der Waals surface area contributed by atoms with Crippen LogP contribution in [0.15, 0.2) is 91.5 Å². The minimum atomic E-state index is -2.71. The lowest BCUT2D eigenvalue weighted by Gasteiger charge is -2.39. The van der Waals surface area contributed by atoms with Crippen LogP contribution in [-0.4, -0.2) is 44.8 Å². The molecule has 1 amide bonds. The van der Waals surface area contributed by atoms with Crippen LogP contribution < -0.4 is 15.0 Å². The fourth-order valence-corrected chi connectivity index (χ4v) is 4.15. The lowest BCUT2D eigenvalue weighted by molar-refractivity contribution is -0.0267. The number of ether oxygens (including phenoxy) is 1. The highest BCUT2D eigenvalue weighted by molar-refractivity contribution is 5.98. The average Bonchev–Trinajstić information content (AvgIpc) is 3.32. The molecule has 1 saturated heterocycles. The van der Waals surface area contributed by atoms with Gasteiger partial charge in [0.25, 0.3) is 5.92 Å². The smallest absolute Gasteiger partial charge is 0.347 e. The summed E-state index contributed by atoms with van der Waals surface area (Å²) in [6.07, 6.45) is 6.47. The van der Waals surface area contributed by atoms with Crippen molar-refractivity contribution in [3.63, 3.8) is 0 Å². The van der Waals surface area contributed by atoms with E-state index in [1.165, 1.54) is 15.8 Å². The summed E-state index contributed by atoms with van der Waals surface area (Å²) in [5.41, 5.74) is 2.80. The highest BCUT2D eigenvalue weighted by Gasteiger charge is 2.44. The van der Waals surface area contributed by atoms with Gasteiger partial charge in [-0.3, -0.25) is 4.98 Å². The number of anilines is 2. The van der Waals surface area contributed by atoms with Crippen LogP contribution in [0.2, 0.25) is 0 Å². The van der Waals surface area contributed by atoms with Crippen molar-refractivity contribution < 1.29 is 18.3 Å². The van der Waals surface area contributed by atoms with Gasteiger partial charge in [-0.25, -0.2) is 18.6 Å². The third-order valence-corrected chi connectivity index (χ3v) is 5.95. The second-order valence-corrected chi connectivity index (χ2v) is 8.70. The Morgan fingerprint density at radius 1 is 0.919 bits per heavy atom. The molecule has 5 aromatic rings. The molecule has 4 heterocycles. The molecule has 2 aromatic carbocycles. The molecule has 3 aromatic heterocycles. The first kappa shape index (κ1) is 22.6. The van der Waals surface area contributed by atoms with Crippen molar-refractivity contribution in [3.8, 4) is 22.6 Å². The van der Waals surface area contributed by atoms with E-state index in [9.17, 15) is 13.6 Å². The Labute approximate surface area is 210 Å². The number of nitrogens with one attached hydrogen (secondary N) is 1. The number of para-hydroxylation sites is 1. The van der Waals surface area contributed by atoms with Gasteiger partial charge < -0.3 is 15.0 Å². The number of carbonyl (C=O) groups excluding carboxylic acids is 1. The second kappa shape index (κ2) is 8.98. The van der Waals surface area contributed by atoms with Crippen LogP contribution in [-0.2, 0) is 0 Å². The van der Waals surface area contributed by atoms with E-state index in [-0.39, 0.29) is 13.1 Å². The van der Waals surface area contributed by atoms with Crippen molar-refractivity contribution in [1.29, 1.82) is 0 Å². The standard InChI is InChI=1S/C27H20F2N6O2/c28-27(29)16-34(17-27)25-12-21(8-9-31-25)33-26(36)35-24-7-6-18(10-20(24)14-32-35)19-11-23(15-30-13-19)37-22-4-2-1-3-5-22/h1-15H,16-17H2,(H,31,33,36). The maximum Gasteiger partial charge on any atom is 0.347 e. The number of nitrogens with zero attached hydrogens (tertiary/aromatic N) is 5. The molecule has 0 saturated carbocycles. The number of pyridine rings is 2. The van der Waals surface area contributed by atoms with E-state index in [0.717, 1.165) is 16.5 Å². The van der Waals surface area contributed by atoms with Gasteiger partial charge in [0.1, 0.15) is 17.3 Å². The number of alkyl halides is 2. The van der Waals surface area contributed by atoms with E-state index >= 15 is 0 Å². The van der Waals surface area contributed by atoms with Crippen molar-refractivity contribution in [2.75, 3.05) is 23.3 Å². The summed E-state index contributed by atoms with van der Waals surface area (Å²) in [5, 5.41) is 7.77. The lowest BCUT2D eigenvalue weighted by atomic mass is 10.1. The average molecular weight is 498 g/mol. The Morgan fingerprint density at radius 3 is 2.57 bits per heavy atom. The first-order valence-corrected chi connectivity index (χ1v) is 11.5. The number of aromatic nitrogens is 4. The molecule has 0 aliphatic carbocycles. The monoisotopic (exact) mass is 498 g/mol. The number of benzene rings is 2. The molecule has 1 aliphatic rings. The Hall–Kier alpha value is -4.86. The first-order chi connectivity index (χ1) is 17.9. The van der Waals surface area contributed by atoms with Gasteiger partial charge in [0, 0.05) is 35.1 Å². The summed E-state index contributed by atoms with van der Waals surface area (Å²) in [4.78, 5) is 22.8. The van der Waals surface area contributed by atoms with Gasteiger partial charge in [-0.15, -0.1) is 0 Å². The summed E-state index contributed by atoms with van der Waals surface area (Å²) in [7, 11) is 0. The van der Waals surface area contributed by atoms with Gasteiger partial charge in [0.2, 0.25) is 0 Å². The number of carbonyl (C=O) groups is 1. The van der Waals surface area contributed by atoms with Crippen molar-refractivity contribution in [3.05, 3.63) is 91.5 Å². The van der Waals surface area contributed by atoms with E-state index < -0.39 is 12.0 Å². The van der Waals surface area contributed by atoms with Crippen LogP contribution in [0.5, 0.6) is 11.5 Å². The van der Waals surface area contributed by atoms with E-state index in [2.05, 4.69) is 20.4 Å². The molecular weight excluding hydrogens is 478 g/mol. The van der Waals surface area contributed by atoms with Crippen LogP contribution >= 0.6 is 0 Å². The second-order valence-electron chi connectivity index (χ2n) is 8.70. The fraction of sp³-hybridized carbons (Fsp3) is 0.111. The summed E-state index contributed by atoms with van der Waals surface area (Å²) in [6.45, 7) is -0.777. The topological polar surface area (TPSA) is 85.2 Å². The molecule has 1 aliphatic heterocycles. The summed E-state index contributed by atoms with van der Waals surface area (Å²) in [6, 6.07) is 19.6. The highest BCUT2D eigenvalue weighted by atomic mass is 19.3. The largest absolute Gasteiger partial charge is 0.456 e. The number of fused-ring (bicyclic) bond motifs is 1. The van der Waals surface area contributed by atoms with E-state index in [4.69, 9.17) is 4.74 Å². The van der Waals surface area contributed by atoms with Crippen molar-refractivity contribution in [2.45, 2.75) is 5.92 Å². The summed E-state index contributed by atoms with van der Waals surface area (Å²) >= 11 is 0. The molecule has 0 radical (unpaired) electrons. The molecule has 1 N–H and O–H groups in total. The normalized spacial score (nSPS) is 14.3. The van der Waals surface area contributed by atoms with Crippen molar-refractivity contribution in [2.24, 2.45) is 0 Å². The van der Waals surface area contributed by atoms with Gasteiger partial charge in [-0.1, -0.05) is 24.3 Å². The van der Waals surface area contributed by atoms with Gasteiger partial charge >= 0.3 is 6.03 Å². The zero-order chi connectivity index (χ0) is 25.4. The zero-order valence-corrected chi connectivity index (χ0v) is 19.4. The highest BCUT2D eigenvalue weighted by Crippen LogP contribution is 2.32. The van der Waals surface area contributed by atoms with Crippen LogP contribution in [0.1, 0.15) is 0 Å². The minimum absolute atomic E-state index is 0.380. The fourth-order valence-electron chi connectivity index (χ4n) is 4.15. The number of halogens is 2. The van der Waals surface area contributed by atoms with E-state index in [1.807, 2.05) is 54.6 Å². The van der Waals surface area contributed by atoms with Crippen LogP contribution in [0.3, 0.4) is 0 Å². The van der Waals surface area contributed by atoms with Crippen LogP contribution in [0, 0.1) is 0 Å². The summed E-state index contributed by atoms with van der Waals surface area (Å²) < 4.78 is 33.5. The predicted octanol–water partition coefficient (Wildman–Crippen LogP) is 5.82. The number of hydrogen-bond donors (Lipinski definition) is 1. The molecular formula is C27H20F2N6O2. The third kappa shape index (κ3) is 4.68. The minimum Gasteiger partial charge on any atom is -0.456 e. The Kier molecular flexibility index (Phi) is 5.48. The van der Waals surface area contributed by atoms with Crippen LogP contribution in [0.25, 0.3) is 22.0 Å². The molecule has 0 atom stereocenters. The molecule has 1 fully saturated rings. The van der Waals surface area contributed by atoms with Gasteiger partial charge in [0.05, 0.1) is 31.0 Å². The van der Waals surface area contributed by atoms with Gasteiger partial charge in [-0.05, 0) is 42.0 Å². The predicted molar refractivity (Wildman–Crippen MR) is 135 cm³/mol. The summed E-state index contributed by atoms with van der Waals surface area (Å²) in [5.74, 6) is -1.00. The van der Waals surface area contributed by atoms with Gasteiger partial charge in [0.15, 0.2) is 0 Å². The third-order valence-electron chi connectivity index (χ3n) is 5.95. The Bertz CT molecular complexity index is 1600. The lowest BCUT2D eigenvalue weighted by Crippen LogP contribution is -2.56. The molecule has 8 nitrogen and oxygen atoms in total. The number of rotatable bonds is 5. The van der Waals surface area contributed by atoms with E-state index in [0.29, 0.717) is 28.5 Å². The SMILES string of the molecule is O=C(Nc1ccnc(N2CC(F)(F)C2)c1)n1ncc2cc(-c3cncc(Oc4ccccc4)c3)ccc21. The number of hydrogen-bond acceptors (Lipinski definition) is 6. The molecule has 37 heavy (non-hydrogen) atoms. The Balaban J connectivity index is 1.20. The van der Waals surface area contributed by atoms with E-state index in [1.54, 1.807) is 30.7 Å². The quantitative estimate of drug-likeness (QED) is 0.329. The molecule has 184 valence electrons. The first-order valence-electron chi connectivity index (χ1n) is 11.5. The zero-order valence-electron chi connectivity index (χ0n) is 19.4. The maximum absolute atomic E-state index is 13.2. The molecule has 0 unspecified atom stereocenters. The molecule has 6 rings (SSSR count). The maximum atomic E-state index is 13.2. The van der Waals surface area contributed by atoms with Crippen molar-refractivity contribution >= 4 is 28.4 Å². The van der Waals surface area contributed by atoms with Crippen molar-refractivity contribution in [1.82, 2.24) is 19.7 Å². The van der Waals surface area contributed by atoms with Crippen LogP contribution in [0.4, 0.5) is 25.1 Å². The molecule has 0 spiro atoms. The number of amides is 1.